The van der Waals surface area contributed by atoms with Gasteiger partial charge in [0.1, 0.15) is 17.5 Å². The zero-order valence-corrected chi connectivity index (χ0v) is 12.9. The van der Waals surface area contributed by atoms with Gasteiger partial charge in [0, 0.05) is 25.5 Å². The van der Waals surface area contributed by atoms with Gasteiger partial charge < -0.3 is 14.6 Å². The molecule has 1 aromatic heterocycles. The summed E-state index contributed by atoms with van der Waals surface area (Å²) in [6, 6.07) is 9.67. The van der Waals surface area contributed by atoms with Crippen molar-refractivity contribution in [2.75, 3.05) is 11.9 Å². The van der Waals surface area contributed by atoms with Gasteiger partial charge in [0.2, 0.25) is 0 Å². The summed E-state index contributed by atoms with van der Waals surface area (Å²) in [4.78, 5) is 0. The molecule has 0 atom stereocenters. The Bertz CT molecular complexity index is 658. The van der Waals surface area contributed by atoms with E-state index in [1.807, 2.05) is 42.1 Å². The van der Waals surface area contributed by atoms with Gasteiger partial charge in [-0.15, -0.1) is 0 Å². The molecule has 0 spiro atoms. The summed E-state index contributed by atoms with van der Waals surface area (Å²) in [6.45, 7) is 3.35. The molecule has 0 amide bonds. The van der Waals surface area contributed by atoms with E-state index in [1.54, 1.807) is 0 Å². The summed E-state index contributed by atoms with van der Waals surface area (Å²) >= 11 is 6.19. The fraction of sp³-hybridized carbons (Fsp3) is 0.312. The average Bonchev–Trinajstić information content (AvgIpc) is 2.84. The van der Waals surface area contributed by atoms with Crippen LogP contribution in [0.15, 0.2) is 30.5 Å². The second kappa shape index (κ2) is 7.05. The lowest BCUT2D eigenvalue weighted by molar-refractivity contribution is 0.317. The monoisotopic (exact) mass is 303 g/mol. The van der Waals surface area contributed by atoms with Crippen LogP contribution in [-0.4, -0.2) is 11.2 Å². The van der Waals surface area contributed by atoms with Crippen LogP contribution in [0.25, 0.3) is 0 Å². The summed E-state index contributed by atoms with van der Waals surface area (Å²) in [5.74, 6) is 0.704. The SMILES string of the molecule is CCCOc1ccc(NCc2cc(C#N)n(C)c2)cc1Cl. The lowest BCUT2D eigenvalue weighted by atomic mass is 10.2. The zero-order valence-electron chi connectivity index (χ0n) is 12.2. The maximum Gasteiger partial charge on any atom is 0.138 e. The van der Waals surface area contributed by atoms with E-state index < -0.39 is 0 Å². The number of benzene rings is 1. The molecule has 1 aromatic carbocycles. The van der Waals surface area contributed by atoms with Crippen molar-refractivity contribution in [3.63, 3.8) is 0 Å². The minimum absolute atomic E-state index is 0.597. The van der Waals surface area contributed by atoms with Crippen molar-refractivity contribution in [2.24, 2.45) is 7.05 Å². The van der Waals surface area contributed by atoms with Crippen molar-refractivity contribution in [3.05, 3.63) is 46.7 Å². The Labute approximate surface area is 129 Å². The first-order valence-electron chi connectivity index (χ1n) is 6.85. The third-order valence-corrected chi connectivity index (χ3v) is 3.36. The Morgan fingerprint density at radius 2 is 2.19 bits per heavy atom. The Morgan fingerprint density at radius 1 is 1.38 bits per heavy atom. The fourth-order valence-electron chi connectivity index (χ4n) is 1.98. The molecule has 0 unspecified atom stereocenters. The van der Waals surface area contributed by atoms with Crippen molar-refractivity contribution in [1.29, 1.82) is 5.26 Å². The standard InChI is InChI=1S/C16H18ClN3O/c1-3-6-21-16-5-4-13(8-15(16)17)19-10-12-7-14(9-18)20(2)11-12/h4-5,7-8,11,19H,3,6,10H2,1-2H3. The van der Waals surface area contributed by atoms with Crippen molar-refractivity contribution in [1.82, 2.24) is 4.57 Å². The number of aryl methyl sites for hydroxylation is 1. The summed E-state index contributed by atoms with van der Waals surface area (Å²) in [6.07, 6.45) is 2.89. The van der Waals surface area contributed by atoms with Crippen LogP contribution < -0.4 is 10.1 Å². The molecule has 110 valence electrons. The van der Waals surface area contributed by atoms with Gasteiger partial charge in [0.15, 0.2) is 0 Å². The van der Waals surface area contributed by atoms with E-state index in [2.05, 4.69) is 18.3 Å². The van der Waals surface area contributed by atoms with Gasteiger partial charge in [-0.05, 0) is 36.2 Å². The Hall–Kier alpha value is -2.12. The highest BCUT2D eigenvalue weighted by Crippen LogP contribution is 2.28. The number of ether oxygens (including phenoxy) is 1. The summed E-state index contributed by atoms with van der Waals surface area (Å²) in [7, 11) is 1.86. The van der Waals surface area contributed by atoms with Crippen molar-refractivity contribution >= 4 is 17.3 Å². The summed E-state index contributed by atoms with van der Waals surface area (Å²) in [5.41, 5.74) is 2.62. The Balaban J connectivity index is 2.00. The summed E-state index contributed by atoms with van der Waals surface area (Å²) in [5, 5.41) is 12.8. The highest BCUT2D eigenvalue weighted by atomic mass is 35.5. The first kappa shape index (κ1) is 15.3. The maximum atomic E-state index is 8.93. The largest absolute Gasteiger partial charge is 0.492 e. The zero-order chi connectivity index (χ0) is 15.2. The second-order valence-electron chi connectivity index (χ2n) is 4.80. The highest BCUT2D eigenvalue weighted by molar-refractivity contribution is 6.32. The van der Waals surface area contributed by atoms with Gasteiger partial charge in [-0.25, -0.2) is 0 Å². The molecule has 0 saturated heterocycles. The van der Waals surface area contributed by atoms with Crippen molar-refractivity contribution in [3.8, 4) is 11.8 Å². The average molecular weight is 304 g/mol. The van der Waals surface area contributed by atoms with E-state index in [4.69, 9.17) is 21.6 Å². The minimum atomic E-state index is 0.597. The topological polar surface area (TPSA) is 50.0 Å². The van der Waals surface area contributed by atoms with E-state index in [1.165, 1.54) is 0 Å². The number of hydrogen-bond acceptors (Lipinski definition) is 3. The van der Waals surface area contributed by atoms with E-state index in [-0.39, 0.29) is 0 Å². The van der Waals surface area contributed by atoms with E-state index in [9.17, 15) is 0 Å². The van der Waals surface area contributed by atoms with Gasteiger partial charge in [-0.3, -0.25) is 0 Å². The van der Waals surface area contributed by atoms with Crippen LogP contribution in [0.3, 0.4) is 0 Å². The van der Waals surface area contributed by atoms with Crippen LogP contribution in [-0.2, 0) is 13.6 Å². The molecule has 2 rings (SSSR count). The minimum Gasteiger partial charge on any atom is -0.492 e. The van der Waals surface area contributed by atoms with Gasteiger partial charge in [0.05, 0.1) is 11.6 Å². The number of aromatic nitrogens is 1. The third kappa shape index (κ3) is 3.93. The molecule has 21 heavy (non-hydrogen) atoms. The normalized spacial score (nSPS) is 10.2. The predicted octanol–water partition coefficient (Wildman–Crippen LogP) is 3.95. The third-order valence-electron chi connectivity index (χ3n) is 3.07. The van der Waals surface area contributed by atoms with Crippen LogP contribution in [0.5, 0.6) is 5.75 Å². The molecule has 0 saturated carbocycles. The number of anilines is 1. The Morgan fingerprint density at radius 3 is 2.81 bits per heavy atom. The maximum absolute atomic E-state index is 8.93. The molecule has 0 fully saturated rings. The molecular weight excluding hydrogens is 286 g/mol. The van der Waals surface area contributed by atoms with Crippen molar-refractivity contribution < 1.29 is 4.74 Å². The molecule has 2 aromatic rings. The molecule has 1 heterocycles. The molecule has 0 aliphatic heterocycles. The molecule has 5 heteroatoms. The summed E-state index contributed by atoms with van der Waals surface area (Å²) < 4.78 is 7.35. The van der Waals surface area contributed by atoms with Crippen LogP contribution in [0.1, 0.15) is 24.6 Å². The molecule has 0 bridgehead atoms. The van der Waals surface area contributed by atoms with Gasteiger partial charge >= 0.3 is 0 Å². The van der Waals surface area contributed by atoms with Gasteiger partial charge in [0.25, 0.3) is 0 Å². The van der Waals surface area contributed by atoms with Gasteiger partial charge in [-0.2, -0.15) is 5.26 Å². The van der Waals surface area contributed by atoms with Crippen molar-refractivity contribution in [2.45, 2.75) is 19.9 Å². The van der Waals surface area contributed by atoms with E-state index in [0.717, 1.165) is 17.7 Å². The molecule has 1 N–H and O–H groups in total. The van der Waals surface area contributed by atoms with E-state index >= 15 is 0 Å². The number of nitrogens with one attached hydrogen (secondary N) is 1. The first-order valence-corrected chi connectivity index (χ1v) is 7.23. The molecule has 0 aliphatic rings. The lowest BCUT2D eigenvalue weighted by Gasteiger charge is -2.10. The smallest absolute Gasteiger partial charge is 0.138 e. The number of nitrogens with zero attached hydrogens (tertiary/aromatic N) is 2. The van der Waals surface area contributed by atoms with Crippen LogP contribution in [0.4, 0.5) is 5.69 Å². The molecule has 4 nitrogen and oxygen atoms in total. The highest BCUT2D eigenvalue weighted by Gasteiger charge is 2.05. The second-order valence-corrected chi connectivity index (χ2v) is 5.21. The van der Waals surface area contributed by atoms with Crippen LogP contribution >= 0.6 is 11.6 Å². The number of halogens is 1. The number of nitriles is 1. The van der Waals surface area contributed by atoms with E-state index in [0.29, 0.717) is 29.6 Å². The van der Waals surface area contributed by atoms with Crippen LogP contribution in [0.2, 0.25) is 5.02 Å². The lowest BCUT2D eigenvalue weighted by Crippen LogP contribution is -2.00. The molecule has 0 radical (unpaired) electrons. The van der Waals surface area contributed by atoms with Gasteiger partial charge in [-0.1, -0.05) is 18.5 Å². The molecular formula is C16H18ClN3O. The van der Waals surface area contributed by atoms with Crippen LogP contribution in [0, 0.1) is 11.3 Å². The first-order chi connectivity index (χ1) is 10.1. The number of rotatable bonds is 6. The Kier molecular flexibility index (Phi) is 5.13. The molecule has 0 aliphatic carbocycles. The fourth-order valence-corrected chi connectivity index (χ4v) is 2.22. The predicted molar refractivity (Wildman–Crippen MR) is 84.7 cm³/mol. The quantitative estimate of drug-likeness (QED) is 0.879. The number of hydrogen-bond donors (Lipinski definition) is 1.